The van der Waals surface area contributed by atoms with E-state index in [0.29, 0.717) is 5.92 Å². The quantitative estimate of drug-likeness (QED) is 0.507. The van der Waals surface area contributed by atoms with Gasteiger partial charge in [-0.15, -0.1) is 0 Å². The largest absolute Gasteiger partial charge is 0.394 e. The molecular formula is C18H37NO2. The van der Waals surface area contributed by atoms with E-state index in [4.69, 9.17) is 4.74 Å². The van der Waals surface area contributed by atoms with Crippen LogP contribution in [-0.2, 0) is 4.74 Å². The van der Waals surface area contributed by atoms with Crippen molar-refractivity contribution in [2.24, 2.45) is 5.92 Å². The first-order valence-corrected chi connectivity index (χ1v) is 9.22. The van der Waals surface area contributed by atoms with Gasteiger partial charge in [0.2, 0.25) is 0 Å². The van der Waals surface area contributed by atoms with Crippen LogP contribution in [0.5, 0.6) is 0 Å². The number of aliphatic hydroxyl groups excluding tert-OH is 1. The molecule has 0 heterocycles. The van der Waals surface area contributed by atoms with Crippen LogP contribution in [0.1, 0.15) is 78.1 Å². The Morgan fingerprint density at radius 3 is 2.57 bits per heavy atom. The Bertz CT molecular complexity index is 247. The molecular weight excluding hydrogens is 262 g/mol. The van der Waals surface area contributed by atoms with Crippen LogP contribution in [0.3, 0.4) is 0 Å². The van der Waals surface area contributed by atoms with E-state index in [1.54, 1.807) is 0 Å². The van der Waals surface area contributed by atoms with Gasteiger partial charge < -0.3 is 15.2 Å². The van der Waals surface area contributed by atoms with Crippen LogP contribution in [0, 0.1) is 5.92 Å². The van der Waals surface area contributed by atoms with Gasteiger partial charge in [0, 0.05) is 18.8 Å². The molecule has 126 valence electrons. The maximum atomic E-state index is 9.76. The van der Waals surface area contributed by atoms with Gasteiger partial charge in [-0.1, -0.05) is 52.4 Å². The Morgan fingerprint density at radius 2 is 1.86 bits per heavy atom. The maximum Gasteiger partial charge on any atom is 0.0616 e. The highest BCUT2D eigenvalue weighted by Crippen LogP contribution is 2.37. The molecule has 0 aliphatic heterocycles. The molecule has 0 aromatic rings. The summed E-state index contributed by atoms with van der Waals surface area (Å²) in [5, 5.41) is 13.3. The second-order valence-corrected chi connectivity index (χ2v) is 6.60. The zero-order chi connectivity index (χ0) is 15.4. The molecule has 1 aliphatic rings. The van der Waals surface area contributed by atoms with E-state index in [-0.39, 0.29) is 12.1 Å². The molecule has 1 aliphatic carbocycles. The molecule has 2 atom stereocenters. The Balaban J connectivity index is 2.06. The fraction of sp³-hybridized carbons (Fsp3) is 1.00. The fourth-order valence-corrected chi connectivity index (χ4v) is 3.73. The molecule has 0 radical (unpaired) electrons. The van der Waals surface area contributed by atoms with E-state index in [2.05, 4.69) is 19.2 Å². The van der Waals surface area contributed by atoms with Crippen molar-refractivity contribution in [3.8, 4) is 0 Å². The normalized spacial score (nSPS) is 25.6. The van der Waals surface area contributed by atoms with Gasteiger partial charge in [0.1, 0.15) is 0 Å². The van der Waals surface area contributed by atoms with Gasteiger partial charge in [-0.25, -0.2) is 0 Å². The average molecular weight is 299 g/mol. The molecule has 0 spiro atoms. The van der Waals surface area contributed by atoms with Gasteiger partial charge in [0.25, 0.3) is 0 Å². The Labute approximate surface area is 131 Å². The first kappa shape index (κ1) is 18.9. The summed E-state index contributed by atoms with van der Waals surface area (Å²) >= 11 is 0. The lowest BCUT2D eigenvalue weighted by Gasteiger charge is -2.34. The molecule has 2 N–H and O–H groups in total. The van der Waals surface area contributed by atoms with Crippen molar-refractivity contribution < 1.29 is 9.84 Å². The number of likely N-dealkylation sites (N-methyl/N-ethyl adjacent to an activating group) is 1. The Morgan fingerprint density at radius 1 is 1.10 bits per heavy atom. The lowest BCUT2D eigenvalue weighted by Crippen LogP contribution is -2.51. The third-order valence-electron chi connectivity index (χ3n) is 5.02. The SMILES string of the molecule is CCCCCCCCOCCC1CCCC1(CO)NCC. The van der Waals surface area contributed by atoms with E-state index in [1.165, 1.54) is 51.4 Å². The highest BCUT2D eigenvalue weighted by molar-refractivity contribution is 4.98. The maximum absolute atomic E-state index is 9.76. The molecule has 3 heteroatoms. The van der Waals surface area contributed by atoms with Gasteiger partial charge >= 0.3 is 0 Å². The van der Waals surface area contributed by atoms with Gasteiger partial charge in [-0.05, 0) is 38.1 Å². The Hall–Kier alpha value is -0.120. The summed E-state index contributed by atoms with van der Waals surface area (Å²) in [7, 11) is 0. The predicted molar refractivity (Wildman–Crippen MR) is 89.6 cm³/mol. The molecule has 0 amide bonds. The molecule has 0 saturated heterocycles. The van der Waals surface area contributed by atoms with Crippen molar-refractivity contribution >= 4 is 0 Å². The van der Waals surface area contributed by atoms with Crippen molar-refractivity contribution in [2.75, 3.05) is 26.4 Å². The molecule has 0 aromatic carbocycles. The summed E-state index contributed by atoms with van der Waals surface area (Å²) in [5.41, 5.74) is -0.0295. The van der Waals surface area contributed by atoms with E-state index in [0.717, 1.165) is 32.6 Å². The van der Waals surface area contributed by atoms with Crippen molar-refractivity contribution in [1.82, 2.24) is 5.32 Å². The molecule has 2 unspecified atom stereocenters. The number of hydrogen-bond acceptors (Lipinski definition) is 3. The number of aliphatic hydroxyl groups is 1. The third-order valence-corrected chi connectivity index (χ3v) is 5.02. The van der Waals surface area contributed by atoms with E-state index in [1.807, 2.05) is 0 Å². The van der Waals surface area contributed by atoms with Crippen LogP contribution in [0.2, 0.25) is 0 Å². The highest BCUT2D eigenvalue weighted by atomic mass is 16.5. The third kappa shape index (κ3) is 6.66. The van der Waals surface area contributed by atoms with Crippen LogP contribution in [-0.4, -0.2) is 37.0 Å². The molecule has 0 aromatic heterocycles. The summed E-state index contributed by atoms with van der Waals surface area (Å²) in [4.78, 5) is 0. The second kappa shape index (κ2) is 11.4. The van der Waals surface area contributed by atoms with Crippen molar-refractivity contribution in [3.05, 3.63) is 0 Å². The zero-order valence-electron chi connectivity index (χ0n) is 14.3. The monoisotopic (exact) mass is 299 g/mol. The van der Waals surface area contributed by atoms with Gasteiger partial charge in [0.05, 0.1) is 6.61 Å². The summed E-state index contributed by atoms with van der Waals surface area (Å²) in [6.07, 6.45) is 12.6. The van der Waals surface area contributed by atoms with Gasteiger partial charge in [-0.3, -0.25) is 0 Å². The van der Waals surface area contributed by atoms with E-state index >= 15 is 0 Å². The standard InChI is InChI=1S/C18H37NO2/c1-3-5-6-7-8-9-14-21-15-12-17-11-10-13-18(17,16-20)19-4-2/h17,19-20H,3-16H2,1-2H3. The average Bonchev–Trinajstić information content (AvgIpc) is 2.89. The minimum atomic E-state index is -0.0295. The van der Waals surface area contributed by atoms with Gasteiger partial charge in [-0.2, -0.15) is 0 Å². The van der Waals surface area contributed by atoms with Crippen LogP contribution < -0.4 is 5.32 Å². The second-order valence-electron chi connectivity index (χ2n) is 6.60. The van der Waals surface area contributed by atoms with Gasteiger partial charge in [0.15, 0.2) is 0 Å². The number of ether oxygens (including phenoxy) is 1. The summed E-state index contributed by atoms with van der Waals surface area (Å²) in [6.45, 7) is 7.35. The van der Waals surface area contributed by atoms with Crippen LogP contribution in [0.15, 0.2) is 0 Å². The first-order chi connectivity index (χ1) is 10.3. The summed E-state index contributed by atoms with van der Waals surface area (Å²) < 4.78 is 5.81. The van der Waals surface area contributed by atoms with Crippen molar-refractivity contribution in [3.63, 3.8) is 0 Å². The minimum absolute atomic E-state index is 0.0295. The first-order valence-electron chi connectivity index (χ1n) is 9.22. The number of rotatable bonds is 13. The van der Waals surface area contributed by atoms with Crippen LogP contribution in [0.25, 0.3) is 0 Å². The number of nitrogens with one attached hydrogen (secondary N) is 1. The van der Waals surface area contributed by atoms with E-state index in [9.17, 15) is 5.11 Å². The molecule has 1 rings (SSSR count). The van der Waals surface area contributed by atoms with Crippen LogP contribution in [0.4, 0.5) is 0 Å². The molecule has 1 fully saturated rings. The smallest absolute Gasteiger partial charge is 0.0616 e. The molecule has 0 bridgehead atoms. The lowest BCUT2D eigenvalue weighted by molar-refractivity contribution is 0.0782. The summed E-state index contributed by atoms with van der Waals surface area (Å²) in [6, 6.07) is 0. The molecule has 21 heavy (non-hydrogen) atoms. The van der Waals surface area contributed by atoms with E-state index < -0.39 is 0 Å². The van der Waals surface area contributed by atoms with Crippen molar-refractivity contribution in [2.45, 2.75) is 83.6 Å². The number of hydrogen-bond donors (Lipinski definition) is 2. The highest BCUT2D eigenvalue weighted by Gasteiger charge is 2.41. The minimum Gasteiger partial charge on any atom is -0.394 e. The predicted octanol–water partition coefficient (Wildman–Crippen LogP) is 3.89. The van der Waals surface area contributed by atoms with Crippen molar-refractivity contribution in [1.29, 1.82) is 0 Å². The van der Waals surface area contributed by atoms with Crippen LogP contribution >= 0.6 is 0 Å². The lowest BCUT2D eigenvalue weighted by atomic mass is 9.85. The Kier molecular flexibility index (Phi) is 10.3. The fourth-order valence-electron chi connectivity index (χ4n) is 3.73. The zero-order valence-corrected chi connectivity index (χ0v) is 14.3. The molecule has 3 nitrogen and oxygen atoms in total. The molecule has 1 saturated carbocycles. The summed E-state index contributed by atoms with van der Waals surface area (Å²) in [5.74, 6) is 0.576. The number of unbranched alkanes of at least 4 members (excludes halogenated alkanes) is 5. The topological polar surface area (TPSA) is 41.5 Å².